The number of carbonyl (C=O) groups is 1. The van der Waals surface area contributed by atoms with Gasteiger partial charge >= 0.3 is 0 Å². The first-order valence-corrected chi connectivity index (χ1v) is 7.62. The van der Waals surface area contributed by atoms with E-state index in [-0.39, 0.29) is 5.91 Å². The molecule has 1 amide bonds. The van der Waals surface area contributed by atoms with E-state index in [1.807, 2.05) is 29.3 Å². The molecule has 2 aliphatic rings. The van der Waals surface area contributed by atoms with E-state index >= 15 is 0 Å². The highest BCUT2D eigenvalue weighted by atomic mass is 16.2. The Hall–Kier alpha value is -2.01. The minimum absolute atomic E-state index is 0.137. The summed E-state index contributed by atoms with van der Waals surface area (Å²) in [5, 5.41) is 0.961. The Bertz CT molecular complexity index is 693. The predicted molar refractivity (Wildman–Crippen MR) is 83.2 cm³/mol. The van der Waals surface area contributed by atoms with Gasteiger partial charge in [-0.3, -0.25) is 9.69 Å². The first kappa shape index (κ1) is 12.7. The SMILES string of the molecule is Nc1ccc2c(C(=O)N3CCN4CCCC4C3)c[nH]c2c1. The fourth-order valence-corrected chi connectivity index (χ4v) is 3.67. The highest BCUT2D eigenvalue weighted by Crippen LogP contribution is 2.25. The van der Waals surface area contributed by atoms with E-state index in [9.17, 15) is 4.79 Å². The highest BCUT2D eigenvalue weighted by molar-refractivity contribution is 6.07. The number of piperazine rings is 1. The number of carbonyl (C=O) groups excluding carboxylic acids is 1. The minimum atomic E-state index is 0.137. The standard InChI is InChI=1S/C16H20N4O/c17-11-3-4-13-14(9-18-15(13)8-11)16(21)20-7-6-19-5-1-2-12(19)10-20/h3-4,8-9,12,18H,1-2,5-7,10,17H2. The van der Waals surface area contributed by atoms with Crippen molar-refractivity contribution in [2.24, 2.45) is 0 Å². The van der Waals surface area contributed by atoms with Crippen LogP contribution in [0.4, 0.5) is 5.69 Å². The van der Waals surface area contributed by atoms with Gasteiger partial charge in [0.1, 0.15) is 0 Å². The van der Waals surface area contributed by atoms with E-state index in [2.05, 4.69) is 9.88 Å². The van der Waals surface area contributed by atoms with Gasteiger partial charge in [0.2, 0.25) is 0 Å². The molecule has 0 radical (unpaired) electrons. The van der Waals surface area contributed by atoms with Gasteiger partial charge in [-0.15, -0.1) is 0 Å². The molecule has 1 atom stereocenters. The number of H-pyrrole nitrogens is 1. The minimum Gasteiger partial charge on any atom is -0.399 e. The molecule has 1 aromatic heterocycles. The van der Waals surface area contributed by atoms with E-state index in [1.165, 1.54) is 19.4 Å². The summed E-state index contributed by atoms with van der Waals surface area (Å²) in [5.41, 5.74) is 8.19. The lowest BCUT2D eigenvalue weighted by atomic mass is 10.1. The van der Waals surface area contributed by atoms with Crippen LogP contribution in [0.5, 0.6) is 0 Å². The number of hydrogen-bond acceptors (Lipinski definition) is 3. The number of nitrogen functional groups attached to an aromatic ring is 1. The lowest BCUT2D eigenvalue weighted by Gasteiger charge is -2.37. The molecule has 0 spiro atoms. The van der Waals surface area contributed by atoms with Crippen LogP contribution in [0.3, 0.4) is 0 Å². The second-order valence-electron chi connectivity index (χ2n) is 6.09. The van der Waals surface area contributed by atoms with Gasteiger partial charge in [-0.1, -0.05) is 0 Å². The summed E-state index contributed by atoms with van der Waals surface area (Å²) in [4.78, 5) is 20.5. The number of nitrogens with two attached hydrogens (primary N) is 1. The lowest BCUT2D eigenvalue weighted by molar-refractivity contribution is 0.0573. The number of amides is 1. The summed E-state index contributed by atoms with van der Waals surface area (Å²) >= 11 is 0. The van der Waals surface area contributed by atoms with Gasteiger partial charge < -0.3 is 15.6 Å². The molecule has 5 nitrogen and oxygen atoms in total. The Morgan fingerprint density at radius 3 is 3.10 bits per heavy atom. The molecule has 1 unspecified atom stereocenters. The molecular formula is C16H20N4O. The first-order chi connectivity index (χ1) is 10.2. The molecule has 0 aliphatic carbocycles. The summed E-state index contributed by atoms with van der Waals surface area (Å²) in [7, 11) is 0. The smallest absolute Gasteiger partial charge is 0.256 e. The topological polar surface area (TPSA) is 65.4 Å². The maximum absolute atomic E-state index is 12.8. The molecular weight excluding hydrogens is 264 g/mol. The van der Waals surface area contributed by atoms with Gasteiger partial charge in [-0.2, -0.15) is 0 Å². The summed E-state index contributed by atoms with van der Waals surface area (Å²) < 4.78 is 0. The number of aromatic amines is 1. The Morgan fingerprint density at radius 2 is 2.19 bits per heavy atom. The van der Waals surface area contributed by atoms with Gasteiger partial charge in [0.05, 0.1) is 5.56 Å². The van der Waals surface area contributed by atoms with Crippen molar-refractivity contribution in [3.8, 4) is 0 Å². The summed E-state index contributed by atoms with van der Waals surface area (Å²) in [6, 6.07) is 6.21. The van der Waals surface area contributed by atoms with Crippen LogP contribution >= 0.6 is 0 Å². The Morgan fingerprint density at radius 1 is 1.29 bits per heavy atom. The van der Waals surface area contributed by atoms with Crippen molar-refractivity contribution >= 4 is 22.5 Å². The monoisotopic (exact) mass is 284 g/mol. The Kier molecular flexibility index (Phi) is 2.89. The lowest BCUT2D eigenvalue weighted by Crippen LogP contribution is -2.52. The molecule has 1 aromatic carbocycles. The molecule has 0 bridgehead atoms. The van der Waals surface area contributed by atoms with Gasteiger partial charge in [0, 0.05) is 48.5 Å². The predicted octanol–water partition coefficient (Wildman–Crippen LogP) is 1.67. The van der Waals surface area contributed by atoms with E-state index in [1.54, 1.807) is 0 Å². The van der Waals surface area contributed by atoms with Crippen molar-refractivity contribution in [2.45, 2.75) is 18.9 Å². The normalized spacial score (nSPS) is 22.7. The fraction of sp³-hybridized carbons (Fsp3) is 0.438. The molecule has 2 aliphatic heterocycles. The van der Waals surface area contributed by atoms with Gasteiger partial charge in [-0.05, 0) is 37.6 Å². The van der Waals surface area contributed by atoms with E-state index in [0.717, 1.165) is 36.1 Å². The number of nitrogens with zero attached hydrogens (tertiary/aromatic N) is 2. The summed E-state index contributed by atoms with van der Waals surface area (Å²) in [6.07, 6.45) is 4.29. The zero-order valence-corrected chi connectivity index (χ0v) is 12.0. The second-order valence-corrected chi connectivity index (χ2v) is 6.09. The van der Waals surface area contributed by atoms with Gasteiger partial charge in [-0.25, -0.2) is 0 Å². The maximum Gasteiger partial charge on any atom is 0.256 e. The third-order valence-corrected chi connectivity index (χ3v) is 4.81. The summed E-state index contributed by atoms with van der Waals surface area (Å²) in [6.45, 7) is 3.89. The van der Waals surface area contributed by atoms with Crippen molar-refractivity contribution in [1.29, 1.82) is 0 Å². The van der Waals surface area contributed by atoms with Crippen LogP contribution < -0.4 is 5.73 Å². The average molecular weight is 284 g/mol. The zero-order valence-electron chi connectivity index (χ0n) is 12.0. The molecule has 21 heavy (non-hydrogen) atoms. The Labute approximate surface area is 123 Å². The van der Waals surface area contributed by atoms with E-state index in [0.29, 0.717) is 11.7 Å². The third kappa shape index (κ3) is 2.08. The van der Waals surface area contributed by atoms with Crippen molar-refractivity contribution in [3.05, 3.63) is 30.0 Å². The third-order valence-electron chi connectivity index (χ3n) is 4.81. The number of aromatic nitrogens is 1. The number of nitrogens with one attached hydrogen (secondary N) is 1. The van der Waals surface area contributed by atoms with Gasteiger partial charge in [0.25, 0.3) is 5.91 Å². The summed E-state index contributed by atoms with van der Waals surface area (Å²) in [5.74, 6) is 0.137. The number of fused-ring (bicyclic) bond motifs is 2. The molecule has 3 N–H and O–H groups in total. The maximum atomic E-state index is 12.8. The molecule has 5 heteroatoms. The van der Waals surface area contributed by atoms with Crippen LogP contribution in [0.2, 0.25) is 0 Å². The van der Waals surface area contributed by atoms with Crippen LogP contribution in [0.25, 0.3) is 10.9 Å². The van der Waals surface area contributed by atoms with Crippen LogP contribution in [-0.4, -0.2) is 52.9 Å². The molecule has 4 rings (SSSR count). The molecule has 2 saturated heterocycles. The highest BCUT2D eigenvalue weighted by Gasteiger charge is 2.33. The van der Waals surface area contributed by atoms with E-state index < -0.39 is 0 Å². The molecule has 3 heterocycles. The zero-order chi connectivity index (χ0) is 14.4. The molecule has 0 saturated carbocycles. The first-order valence-electron chi connectivity index (χ1n) is 7.62. The number of hydrogen-bond donors (Lipinski definition) is 2. The fourth-order valence-electron chi connectivity index (χ4n) is 3.67. The molecule has 110 valence electrons. The number of benzene rings is 1. The quantitative estimate of drug-likeness (QED) is 0.783. The Balaban J connectivity index is 1.61. The number of anilines is 1. The second kappa shape index (κ2) is 4.77. The van der Waals surface area contributed by atoms with Crippen LogP contribution in [0.1, 0.15) is 23.2 Å². The van der Waals surface area contributed by atoms with Crippen molar-refractivity contribution in [3.63, 3.8) is 0 Å². The van der Waals surface area contributed by atoms with Crippen LogP contribution in [0.15, 0.2) is 24.4 Å². The van der Waals surface area contributed by atoms with Crippen molar-refractivity contribution in [2.75, 3.05) is 31.9 Å². The van der Waals surface area contributed by atoms with Crippen molar-refractivity contribution in [1.82, 2.24) is 14.8 Å². The van der Waals surface area contributed by atoms with Crippen LogP contribution in [0, 0.1) is 0 Å². The van der Waals surface area contributed by atoms with Gasteiger partial charge in [0.15, 0.2) is 0 Å². The van der Waals surface area contributed by atoms with Crippen molar-refractivity contribution < 1.29 is 4.79 Å². The van der Waals surface area contributed by atoms with E-state index in [4.69, 9.17) is 5.73 Å². The number of rotatable bonds is 1. The largest absolute Gasteiger partial charge is 0.399 e. The van der Waals surface area contributed by atoms with Crippen LogP contribution in [-0.2, 0) is 0 Å². The average Bonchev–Trinajstić information content (AvgIpc) is 3.11. The molecule has 2 aromatic rings. The molecule has 2 fully saturated rings.